The number of aliphatic carboxylic acids is 1. The SMILES string of the molecule is O=C(Cc1coc(-c2ccc(Cl)cc2)n1)NC1(C(=O)O)CCOC1. The van der Waals surface area contributed by atoms with Gasteiger partial charge in [0.25, 0.3) is 0 Å². The Balaban J connectivity index is 1.67. The minimum Gasteiger partial charge on any atom is -0.479 e. The van der Waals surface area contributed by atoms with E-state index in [0.29, 0.717) is 23.2 Å². The molecular weight excluding hydrogens is 336 g/mol. The number of carboxylic acid groups (broad SMARTS) is 1. The second-order valence-corrected chi connectivity index (χ2v) is 6.00. The third-order valence-corrected chi connectivity index (χ3v) is 4.05. The van der Waals surface area contributed by atoms with Crippen molar-refractivity contribution in [3.63, 3.8) is 0 Å². The van der Waals surface area contributed by atoms with Gasteiger partial charge in [-0.3, -0.25) is 4.79 Å². The first-order valence-corrected chi connectivity index (χ1v) is 7.69. The van der Waals surface area contributed by atoms with Crippen molar-refractivity contribution in [3.05, 3.63) is 41.2 Å². The van der Waals surface area contributed by atoms with Gasteiger partial charge in [0.05, 0.1) is 18.7 Å². The molecule has 24 heavy (non-hydrogen) atoms. The maximum Gasteiger partial charge on any atom is 0.331 e. The van der Waals surface area contributed by atoms with Crippen molar-refractivity contribution in [2.45, 2.75) is 18.4 Å². The molecule has 1 unspecified atom stereocenters. The number of carboxylic acids is 1. The van der Waals surface area contributed by atoms with Crippen LogP contribution in [0.1, 0.15) is 12.1 Å². The number of hydrogen-bond donors (Lipinski definition) is 2. The highest BCUT2D eigenvalue weighted by atomic mass is 35.5. The van der Waals surface area contributed by atoms with Crippen LogP contribution in [0.5, 0.6) is 0 Å². The van der Waals surface area contributed by atoms with E-state index in [1.54, 1.807) is 24.3 Å². The molecule has 3 rings (SSSR count). The molecule has 2 N–H and O–H groups in total. The molecule has 1 amide bonds. The van der Waals surface area contributed by atoms with Crippen molar-refractivity contribution in [3.8, 4) is 11.5 Å². The summed E-state index contributed by atoms with van der Waals surface area (Å²) in [6.07, 6.45) is 1.54. The quantitative estimate of drug-likeness (QED) is 0.854. The molecular formula is C16H15ClN2O5. The number of nitrogens with zero attached hydrogens (tertiary/aromatic N) is 1. The lowest BCUT2D eigenvalue weighted by molar-refractivity contribution is -0.147. The summed E-state index contributed by atoms with van der Waals surface area (Å²) in [5.74, 6) is -1.18. The first-order chi connectivity index (χ1) is 11.5. The van der Waals surface area contributed by atoms with Crippen molar-refractivity contribution >= 4 is 23.5 Å². The highest BCUT2D eigenvalue weighted by Gasteiger charge is 2.43. The molecule has 8 heteroatoms. The second kappa shape index (κ2) is 6.62. The van der Waals surface area contributed by atoms with Crippen LogP contribution in [0.4, 0.5) is 0 Å². The van der Waals surface area contributed by atoms with Gasteiger partial charge >= 0.3 is 5.97 Å². The zero-order valence-electron chi connectivity index (χ0n) is 12.6. The number of nitrogens with one attached hydrogen (secondary N) is 1. The highest BCUT2D eigenvalue weighted by molar-refractivity contribution is 6.30. The Kier molecular flexibility index (Phi) is 4.55. The van der Waals surface area contributed by atoms with Crippen molar-refractivity contribution in [2.24, 2.45) is 0 Å². The standard InChI is InChI=1S/C16H15ClN2O5/c17-11-3-1-10(2-4-11)14-18-12(8-24-14)7-13(20)19-16(15(21)22)5-6-23-9-16/h1-4,8H,5-7,9H2,(H,19,20)(H,21,22). The average molecular weight is 351 g/mol. The normalized spacial score (nSPS) is 20.0. The van der Waals surface area contributed by atoms with Gasteiger partial charge in [-0.1, -0.05) is 11.6 Å². The molecule has 1 aromatic heterocycles. The van der Waals surface area contributed by atoms with Gasteiger partial charge in [0.2, 0.25) is 11.8 Å². The van der Waals surface area contributed by atoms with Crippen molar-refractivity contribution in [1.82, 2.24) is 10.3 Å². The van der Waals surface area contributed by atoms with Crippen LogP contribution in [-0.4, -0.2) is 40.7 Å². The van der Waals surface area contributed by atoms with Gasteiger partial charge in [0.1, 0.15) is 6.26 Å². The fraction of sp³-hybridized carbons (Fsp3) is 0.312. The lowest BCUT2D eigenvalue weighted by Gasteiger charge is -2.23. The van der Waals surface area contributed by atoms with Gasteiger partial charge in [-0.25, -0.2) is 9.78 Å². The Morgan fingerprint density at radius 2 is 2.08 bits per heavy atom. The maximum atomic E-state index is 12.1. The molecule has 0 radical (unpaired) electrons. The van der Waals surface area contributed by atoms with Crippen molar-refractivity contribution < 1.29 is 23.8 Å². The molecule has 1 aliphatic heterocycles. The van der Waals surface area contributed by atoms with Gasteiger partial charge in [0, 0.05) is 23.6 Å². The molecule has 1 atom stereocenters. The largest absolute Gasteiger partial charge is 0.479 e. The van der Waals surface area contributed by atoms with Gasteiger partial charge in [-0.15, -0.1) is 0 Å². The summed E-state index contributed by atoms with van der Waals surface area (Å²) < 4.78 is 10.5. The Morgan fingerprint density at radius 1 is 1.33 bits per heavy atom. The molecule has 1 fully saturated rings. The van der Waals surface area contributed by atoms with E-state index in [9.17, 15) is 14.7 Å². The molecule has 1 saturated heterocycles. The summed E-state index contributed by atoms with van der Waals surface area (Å²) in [6.45, 7) is 0.264. The predicted molar refractivity (Wildman–Crippen MR) is 84.6 cm³/mol. The third kappa shape index (κ3) is 3.42. The molecule has 2 heterocycles. The van der Waals surface area contributed by atoms with Crippen LogP contribution >= 0.6 is 11.6 Å². The van der Waals surface area contributed by atoms with Crippen LogP contribution in [-0.2, 0) is 20.7 Å². The Labute approximate surface area is 142 Å². The number of halogens is 1. The van der Waals surface area contributed by atoms with E-state index in [1.807, 2.05) is 0 Å². The van der Waals surface area contributed by atoms with Crippen LogP contribution in [0.25, 0.3) is 11.5 Å². The maximum absolute atomic E-state index is 12.1. The number of oxazole rings is 1. The predicted octanol–water partition coefficient (Wildman–Crippen LogP) is 1.90. The molecule has 0 spiro atoms. The Morgan fingerprint density at radius 3 is 2.71 bits per heavy atom. The second-order valence-electron chi connectivity index (χ2n) is 5.57. The van der Waals surface area contributed by atoms with Crippen LogP contribution in [0.3, 0.4) is 0 Å². The first-order valence-electron chi connectivity index (χ1n) is 7.31. The monoisotopic (exact) mass is 350 g/mol. The van der Waals surface area contributed by atoms with Gasteiger partial charge in [-0.05, 0) is 24.3 Å². The summed E-state index contributed by atoms with van der Waals surface area (Å²) in [4.78, 5) is 27.8. The third-order valence-electron chi connectivity index (χ3n) is 3.79. The molecule has 0 bridgehead atoms. The van der Waals surface area contributed by atoms with E-state index in [0.717, 1.165) is 5.56 Å². The number of amides is 1. The Bertz CT molecular complexity index is 750. The molecule has 7 nitrogen and oxygen atoms in total. The minimum absolute atomic E-state index is 0.0388. The minimum atomic E-state index is -1.36. The van der Waals surface area contributed by atoms with Gasteiger partial charge in [0.15, 0.2) is 5.54 Å². The number of carbonyl (C=O) groups is 2. The zero-order valence-corrected chi connectivity index (χ0v) is 13.4. The van der Waals surface area contributed by atoms with Gasteiger partial charge < -0.3 is 19.6 Å². The molecule has 2 aromatic rings. The van der Waals surface area contributed by atoms with E-state index >= 15 is 0 Å². The van der Waals surface area contributed by atoms with Crippen LogP contribution in [0.15, 0.2) is 34.9 Å². The molecule has 1 aliphatic rings. The Hall–Kier alpha value is -2.38. The van der Waals surface area contributed by atoms with Gasteiger partial charge in [-0.2, -0.15) is 0 Å². The van der Waals surface area contributed by atoms with Crippen molar-refractivity contribution in [1.29, 1.82) is 0 Å². The highest BCUT2D eigenvalue weighted by Crippen LogP contribution is 2.22. The number of hydrogen-bond acceptors (Lipinski definition) is 5. The smallest absolute Gasteiger partial charge is 0.331 e. The van der Waals surface area contributed by atoms with Crippen LogP contribution in [0.2, 0.25) is 5.02 Å². The lowest BCUT2D eigenvalue weighted by Crippen LogP contribution is -2.55. The number of ether oxygens (including phenoxy) is 1. The van der Waals surface area contributed by atoms with E-state index in [2.05, 4.69) is 10.3 Å². The lowest BCUT2D eigenvalue weighted by atomic mass is 9.99. The average Bonchev–Trinajstić information content (AvgIpc) is 3.18. The van der Waals surface area contributed by atoms with E-state index in [1.165, 1.54) is 6.26 Å². The summed E-state index contributed by atoms with van der Waals surface area (Å²) in [5, 5.41) is 12.4. The summed E-state index contributed by atoms with van der Waals surface area (Å²) in [5.41, 5.74) is -0.214. The number of aromatic nitrogens is 1. The number of carbonyl (C=O) groups excluding carboxylic acids is 1. The number of rotatable bonds is 5. The fourth-order valence-corrected chi connectivity index (χ4v) is 2.60. The summed E-state index contributed by atoms with van der Waals surface area (Å²) >= 11 is 5.83. The first kappa shape index (κ1) is 16.5. The number of benzene rings is 1. The summed E-state index contributed by atoms with van der Waals surface area (Å²) in [7, 11) is 0. The van der Waals surface area contributed by atoms with Crippen LogP contribution < -0.4 is 5.32 Å². The van der Waals surface area contributed by atoms with E-state index in [4.69, 9.17) is 20.8 Å². The van der Waals surface area contributed by atoms with Crippen molar-refractivity contribution in [2.75, 3.05) is 13.2 Å². The topological polar surface area (TPSA) is 102 Å². The molecule has 0 aliphatic carbocycles. The fourth-order valence-electron chi connectivity index (χ4n) is 2.47. The van der Waals surface area contributed by atoms with E-state index < -0.39 is 17.4 Å². The summed E-state index contributed by atoms with van der Waals surface area (Å²) in [6, 6.07) is 6.94. The van der Waals surface area contributed by atoms with Crippen LogP contribution in [0, 0.1) is 0 Å². The van der Waals surface area contributed by atoms with E-state index in [-0.39, 0.29) is 19.4 Å². The molecule has 126 valence electrons. The molecule has 0 saturated carbocycles. The zero-order chi connectivity index (χ0) is 17.2. The molecule has 1 aromatic carbocycles.